The molecule has 1 aromatic carbocycles. The van der Waals surface area contributed by atoms with Gasteiger partial charge in [-0.25, -0.2) is 9.59 Å². The maximum absolute atomic E-state index is 12.2. The van der Waals surface area contributed by atoms with Gasteiger partial charge in [0.1, 0.15) is 5.60 Å². The molecule has 0 fully saturated rings. The molecule has 1 aromatic rings. The fourth-order valence-electron chi connectivity index (χ4n) is 1.91. The number of carbonyl (C=O) groups is 2. The maximum atomic E-state index is 12.2. The van der Waals surface area contributed by atoms with Gasteiger partial charge in [0.05, 0.1) is 19.8 Å². The first-order chi connectivity index (χ1) is 11.8. The van der Waals surface area contributed by atoms with Crippen molar-refractivity contribution in [1.82, 2.24) is 5.32 Å². The molecule has 6 nitrogen and oxygen atoms in total. The second kappa shape index (κ2) is 10.7. The van der Waals surface area contributed by atoms with Crippen molar-refractivity contribution in [2.75, 3.05) is 13.2 Å². The summed E-state index contributed by atoms with van der Waals surface area (Å²) in [5.41, 5.74) is 0.337. The van der Waals surface area contributed by atoms with Crippen molar-refractivity contribution < 1.29 is 23.8 Å². The van der Waals surface area contributed by atoms with Crippen LogP contribution in [0.1, 0.15) is 46.1 Å². The van der Waals surface area contributed by atoms with E-state index >= 15 is 0 Å². The van der Waals surface area contributed by atoms with E-state index in [2.05, 4.69) is 5.32 Å². The first-order valence-electron chi connectivity index (χ1n) is 8.59. The Morgan fingerprint density at radius 3 is 2.44 bits per heavy atom. The van der Waals surface area contributed by atoms with Gasteiger partial charge in [-0.1, -0.05) is 43.7 Å². The molecule has 1 amide bonds. The van der Waals surface area contributed by atoms with Gasteiger partial charge in [-0.2, -0.15) is 0 Å². The SMILES string of the molecule is CCCCOC(=O)[C@H](COCc1ccccc1)NC(=O)OC(C)(C)C. The molecule has 0 heterocycles. The Labute approximate surface area is 149 Å². The molecule has 0 unspecified atom stereocenters. The fraction of sp³-hybridized carbons (Fsp3) is 0.579. The molecule has 6 heteroatoms. The summed E-state index contributed by atoms with van der Waals surface area (Å²) in [5, 5.41) is 2.53. The molecule has 0 saturated carbocycles. The standard InChI is InChI=1S/C19H29NO5/c1-5-6-12-24-17(21)16(20-18(22)25-19(2,3)4)14-23-13-15-10-8-7-9-11-15/h7-11,16H,5-6,12-14H2,1-4H3,(H,20,22)/t16-/m0/s1. The number of amides is 1. The zero-order valence-electron chi connectivity index (χ0n) is 15.5. The molecule has 0 radical (unpaired) electrons. The van der Waals surface area contributed by atoms with Crippen molar-refractivity contribution in [2.45, 2.75) is 58.8 Å². The zero-order chi connectivity index (χ0) is 18.7. The van der Waals surface area contributed by atoms with Crippen LogP contribution in [0.15, 0.2) is 30.3 Å². The topological polar surface area (TPSA) is 73.9 Å². The van der Waals surface area contributed by atoms with Gasteiger partial charge < -0.3 is 19.5 Å². The van der Waals surface area contributed by atoms with Crippen molar-refractivity contribution >= 4 is 12.1 Å². The lowest BCUT2D eigenvalue weighted by molar-refractivity contribution is -0.148. The molecular weight excluding hydrogens is 322 g/mol. The summed E-state index contributed by atoms with van der Waals surface area (Å²) < 4.78 is 16.0. The third kappa shape index (κ3) is 9.72. The van der Waals surface area contributed by atoms with E-state index < -0.39 is 23.7 Å². The lowest BCUT2D eigenvalue weighted by Gasteiger charge is -2.23. The predicted molar refractivity (Wildman–Crippen MR) is 95.1 cm³/mol. The summed E-state index contributed by atoms with van der Waals surface area (Å²) in [6, 6.07) is 8.69. The number of carbonyl (C=O) groups excluding carboxylic acids is 2. The zero-order valence-corrected chi connectivity index (χ0v) is 15.5. The van der Waals surface area contributed by atoms with E-state index in [4.69, 9.17) is 14.2 Å². The number of hydrogen-bond donors (Lipinski definition) is 1. The summed E-state index contributed by atoms with van der Waals surface area (Å²) in [6.07, 6.45) is 1.02. The second-order valence-electron chi connectivity index (χ2n) is 6.72. The summed E-state index contributed by atoms with van der Waals surface area (Å²) in [7, 11) is 0. The highest BCUT2D eigenvalue weighted by atomic mass is 16.6. The van der Waals surface area contributed by atoms with E-state index in [-0.39, 0.29) is 6.61 Å². The molecule has 140 valence electrons. The van der Waals surface area contributed by atoms with E-state index in [9.17, 15) is 9.59 Å². The molecule has 1 rings (SSSR count). The molecule has 0 aliphatic carbocycles. The summed E-state index contributed by atoms with van der Waals surface area (Å²) >= 11 is 0. The van der Waals surface area contributed by atoms with Crippen molar-refractivity contribution in [3.63, 3.8) is 0 Å². The highest BCUT2D eigenvalue weighted by Crippen LogP contribution is 2.08. The van der Waals surface area contributed by atoms with Crippen molar-refractivity contribution in [3.8, 4) is 0 Å². The van der Waals surface area contributed by atoms with E-state index in [1.54, 1.807) is 20.8 Å². The van der Waals surface area contributed by atoms with Gasteiger partial charge in [0.15, 0.2) is 6.04 Å². The Kier molecular flexibility index (Phi) is 8.99. The molecular formula is C19H29NO5. The smallest absolute Gasteiger partial charge is 0.408 e. The molecule has 0 bridgehead atoms. The van der Waals surface area contributed by atoms with Crippen LogP contribution in [0.5, 0.6) is 0 Å². The van der Waals surface area contributed by atoms with Gasteiger partial charge in [0.25, 0.3) is 0 Å². The van der Waals surface area contributed by atoms with Crippen LogP contribution in [-0.4, -0.2) is 36.9 Å². The van der Waals surface area contributed by atoms with Crippen molar-refractivity contribution in [1.29, 1.82) is 0 Å². The van der Waals surface area contributed by atoms with Crippen LogP contribution in [0.2, 0.25) is 0 Å². The van der Waals surface area contributed by atoms with Crippen molar-refractivity contribution in [3.05, 3.63) is 35.9 Å². The Bertz CT molecular complexity index is 524. The average Bonchev–Trinajstić information content (AvgIpc) is 2.53. The van der Waals surface area contributed by atoms with Crippen LogP contribution in [0, 0.1) is 0 Å². The van der Waals surface area contributed by atoms with E-state index in [0.717, 1.165) is 18.4 Å². The van der Waals surface area contributed by atoms with E-state index in [0.29, 0.717) is 13.2 Å². The monoisotopic (exact) mass is 351 g/mol. The number of ether oxygens (including phenoxy) is 3. The fourth-order valence-corrected chi connectivity index (χ4v) is 1.91. The van der Waals surface area contributed by atoms with Gasteiger partial charge >= 0.3 is 12.1 Å². The number of nitrogens with one attached hydrogen (secondary N) is 1. The third-order valence-electron chi connectivity index (χ3n) is 3.11. The summed E-state index contributed by atoms with van der Waals surface area (Å²) in [6.45, 7) is 7.95. The lowest BCUT2D eigenvalue weighted by Crippen LogP contribution is -2.47. The maximum Gasteiger partial charge on any atom is 0.408 e. The van der Waals surface area contributed by atoms with Crippen LogP contribution in [0.25, 0.3) is 0 Å². The normalized spacial score (nSPS) is 12.3. The molecule has 25 heavy (non-hydrogen) atoms. The van der Waals surface area contributed by atoms with Crippen molar-refractivity contribution in [2.24, 2.45) is 0 Å². The minimum Gasteiger partial charge on any atom is -0.464 e. The highest BCUT2D eigenvalue weighted by molar-refractivity contribution is 5.81. The van der Waals surface area contributed by atoms with E-state index in [1.807, 2.05) is 37.3 Å². The first kappa shape index (κ1) is 21.0. The molecule has 1 N–H and O–H groups in total. The van der Waals surface area contributed by atoms with Gasteiger partial charge in [-0.15, -0.1) is 0 Å². The average molecular weight is 351 g/mol. The molecule has 0 aromatic heterocycles. The Morgan fingerprint density at radius 2 is 1.84 bits per heavy atom. The molecule has 0 spiro atoms. The number of hydrogen-bond acceptors (Lipinski definition) is 5. The second-order valence-corrected chi connectivity index (χ2v) is 6.72. The number of rotatable bonds is 9. The highest BCUT2D eigenvalue weighted by Gasteiger charge is 2.25. The number of benzene rings is 1. The van der Waals surface area contributed by atoms with Gasteiger partial charge in [-0.05, 0) is 32.8 Å². The minimum atomic E-state index is -0.907. The lowest BCUT2D eigenvalue weighted by atomic mass is 10.2. The quantitative estimate of drug-likeness (QED) is 0.545. The largest absolute Gasteiger partial charge is 0.464 e. The first-order valence-corrected chi connectivity index (χ1v) is 8.59. The third-order valence-corrected chi connectivity index (χ3v) is 3.11. The molecule has 0 aliphatic rings. The Morgan fingerprint density at radius 1 is 1.16 bits per heavy atom. The predicted octanol–water partition coefficient (Wildman–Crippen LogP) is 3.44. The van der Waals surface area contributed by atoms with Crippen LogP contribution in [0.4, 0.5) is 4.79 Å². The number of alkyl carbamates (subject to hydrolysis) is 1. The van der Waals surface area contributed by atoms with Gasteiger partial charge in [-0.3, -0.25) is 0 Å². The van der Waals surface area contributed by atoms with Crippen LogP contribution in [0.3, 0.4) is 0 Å². The molecule has 0 saturated heterocycles. The summed E-state index contributed by atoms with van der Waals surface area (Å²) in [5.74, 6) is -0.521. The Hall–Kier alpha value is -2.08. The Balaban J connectivity index is 2.56. The van der Waals surface area contributed by atoms with Gasteiger partial charge in [0.2, 0.25) is 0 Å². The van der Waals surface area contributed by atoms with E-state index in [1.165, 1.54) is 0 Å². The minimum absolute atomic E-state index is 0.0130. The van der Waals surface area contributed by atoms with Crippen LogP contribution >= 0.6 is 0 Å². The number of esters is 1. The molecule has 0 aliphatic heterocycles. The summed E-state index contributed by atoms with van der Waals surface area (Å²) in [4.78, 5) is 24.1. The number of unbranched alkanes of at least 4 members (excludes halogenated alkanes) is 1. The van der Waals surface area contributed by atoms with Crippen LogP contribution < -0.4 is 5.32 Å². The van der Waals surface area contributed by atoms with Gasteiger partial charge in [0, 0.05) is 0 Å². The molecule has 1 atom stereocenters. The van der Waals surface area contributed by atoms with Crippen LogP contribution in [-0.2, 0) is 25.6 Å².